The van der Waals surface area contributed by atoms with Crippen LogP contribution >= 0.6 is 0 Å². The minimum atomic E-state index is -0.261. The van der Waals surface area contributed by atoms with Gasteiger partial charge in [-0.2, -0.15) is 10.2 Å². The third-order valence-electron chi connectivity index (χ3n) is 6.66. The summed E-state index contributed by atoms with van der Waals surface area (Å²) in [5, 5.41) is 13.1. The van der Waals surface area contributed by atoms with Crippen molar-refractivity contribution in [3.63, 3.8) is 0 Å². The number of nitrogens with one attached hydrogen (secondary N) is 1. The molecular weight excluding hydrogens is 445 g/mol. The topological polar surface area (TPSA) is 82.7 Å². The molecule has 0 aliphatic heterocycles. The molecule has 0 radical (unpaired) electrons. The number of aryl methyl sites for hydroxylation is 1. The van der Waals surface area contributed by atoms with Gasteiger partial charge in [0.15, 0.2) is 5.82 Å². The third-order valence-corrected chi connectivity index (χ3v) is 6.66. The second-order valence-corrected chi connectivity index (χ2v) is 9.22. The zero-order valence-electron chi connectivity index (χ0n) is 20.7. The van der Waals surface area contributed by atoms with Crippen molar-refractivity contribution in [2.24, 2.45) is 5.92 Å². The van der Waals surface area contributed by atoms with Crippen molar-refractivity contribution >= 4 is 11.6 Å². The van der Waals surface area contributed by atoms with Crippen LogP contribution in [-0.2, 0) is 11.3 Å². The molecule has 1 aliphatic rings. The number of hydrogen-bond acceptors (Lipinski definition) is 6. The first-order valence-corrected chi connectivity index (χ1v) is 11.9. The van der Waals surface area contributed by atoms with E-state index < -0.39 is 0 Å². The molecule has 1 aliphatic carbocycles. The van der Waals surface area contributed by atoms with E-state index in [0.717, 1.165) is 46.1 Å². The van der Waals surface area contributed by atoms with Gasteiger partial charge in [0.2, 0.25) is 0 Å². The first-order valence-electron chi connectivity index (χ1n) is 11.9. The van der Waals surface area contributed by atoms with E-state index in [0.29, 0.717) is 17.6 Å². The molecule has 8 nitrogen and oxygen atoms in total. The highest BCUT2D eigenvalue weighted by Gasteiger charge is 2.26. The van der Waals surface area contributed by atoms with Gasteiger partial charge in [-0.05, 0) is 70.7 Å². The second kappa shape index (κ2) is 9.22. The van der Waals surface area contributed by atoms with Crippen molar-refractivity contribution < 1.29 is 9.13 Å². The van der Waals surface area contributed by atoms with Crippen LogP contribution in [0.5, 0.6) is 0 Å². The van der Waals surface area contributed by atoms with E-state index in [1.54, 1.807) is 19.2 Å². The summed E-state index contributed by atoms with van der Waals surface area (Å²) < 4.78 is 22.8. The first kappa shape index (κ1) is 23.2. The normalized spacial score (nSPS) is 14.3. The van der Waals surface area contributed by atoms with Crippen LogP contribution in [0.4, 0.5) is 16.0 Å². The zero-order chi connectivity index (χ0) is 24.7. The van der Waals surface area contributed by atoms with E-state index in [1.165, 1.54) is 31.3 Å². The summed E-state index contributed by atoms with van der Waals surface area (Å²) >= 11 is 0. The van der Waals surface area contributed by atoms with Crippen molar-refractivity contribution in [2.45, 2.75) is 53.2 Å². The van der Waals surface area contributed by atoms with Crippen molar-refractivity contribution in [2.75, 3.05) is 12.4 Å². The van der Waals surface area contributed by atoms with Gasteiger partial charge < -0.3 is 10.1 Å². The summed E-state index contributed by atoms with van der Waals surface area (Å²) in [6.07, 6.45) is 3.89. The molecule has 0 amide bonds. The Labute approximate surface area is 204 Å². The largest absolute Gasteiger partial charge is 0.377 e. The lowest BCUT2D eigenvalue weighted by Crippen LogP contribution is -2.09. The van der Waals surface area contributed by atoms with Crippen LogP contribution in [0.1, 0.15) is 48.4 Å². The van der Waals surface area contributed by atoms with Gasteiger partial charge in [-0.1, -0.05) is 0 Å². The van der Waals surface area contributed by atoms with Crippen LogP contribution in [0.3, 0.4) is 0 Å². The molecule has 1 fully saturated rings. The Balaban J connectivity index is 1.50. The monoisotopic (exact) mass is 475 g/mol. The predicted molar refractivity (Wildman–Crippen MR) is 132 cm³/mol. The van der Waals surface area contributed by atoms with Crippen molar-refractivity contribution in [1.82, 2.24) is 29.5 Å². The Morgan fingerprint density at radius 3 is 2.54 bits per heavy atom. The molecule has 1 unspecified atom stereocenters. The lowest BCUT2D eigenvalue weighted by Gasteiger charge is -2.12. The Morgan fingerprint density at radius 2 is 1.86 bits per heavy atom. The van der Waals surface area contributed by atoms with Crippen LogP contribution in [0, 0.1) is 32.5 Å². The molecule has 1 atom stereocenters. The molecule has 0 saturated heterocycles. The summed E-state index contributed by atoms with van der Waals surface area (Å²) in [7, 11) is 1.70. The van der Waals surface area contributed by atoms with Gasteiger partial charge in [0.05, 0.1) is 17.5 Å². The molecule has 3 heterocycles. The third kappa shape index (κ3) is 4.55. The van der Waals surface area contributed by atoms with E-state index in [1.807, 2.05) is 43.1 Å². The molecular formula is C26H30FN7O. The molecule has 4 aromatic rings. The van der Waals surface area contributed by atoms with Crippen LogP contribution in [-0.4, -0.2) is 36.6 Å². The number of ether oxygens (including phenoxy) is 1. The van der Waals surface area contributed by atoms with Gasteiger partial charge in [-0.25, -0.2) is 23.7 Å². The maximum atomic E-state index is 13.5. The molecule has 5 rings (SSSR count). The van der Waals surface area contributed by atoms with Crippen LogP contribution < -0.4 is 5.32 Å². The lowest BCUT2D eigenvalue weighted by molar-refractivity contribution is 0.118. The van der Waals surface area contributed by atoms with Crippen molar-refractivity contribution in [3.05, 3.63) is 65.0 Å². The summed E-state index contributed by atoms with van der Waals surface area (Å²) in [6.45, 7) is 8.86. The maximum Gasteiger partial charge on any atom is 0.159 e. The number of hydrogen-bond donors (Lipinski definition) is 1. The van der Waals surface area contributed by atoms with E-state index in [-0.39, 0.29) is 11.9 Å². The highest BCUT2D eigenvalue weighted by Crippen LogP contribution is 2.35. The van der Waals surface area contributed by atoms with E-state index in [2.05, 4.69) is 15.3 Å². The zero-order valence-corrected chi connectivity index (χ0v) is 20.7. The number of benzene rings is 1. The quantitative estimate of drug-likeness (QED) is 0.365. The van der Waals surface area contributed by atoms with Crippen molar-refractivity contribution in [1.29, 1.82) is 0 Å². The number of nitrogens with zero attached hydrogens (tertiary/aromatic N) is 6. The Bertz CT molecular complexity index is 1360. The number of rotatable bonds is 8. The highest BCUT2D eigenvalue weighted by atomic mass is 19.1. The number of anilines is 2. The number of halogens is 1. The minimum Gasteiger partial charge on any atom is -0.377 e. The van der Waals surface area contributed by atoms with E-state index in [9.17, 15) is 4.39 Å². The Hall–Kier alpha value is -3.59. The van der Waals surface area contributed by atoms with Gasteiger partial charge >= 0.3 is 0 Å². The second-order valence-electron chi connectivity index (χ2n) is 9.22. The van der Waals surface area contributed by atoms with Gasteiger partial charge in [0.25, 0.3) is 0 Å². The number of aromatic nitrogens is 6. The average Bonchev–Trinajstić information content (AvgIpc) is 3.56. The van der Waals surface area contributed by atoms with Gasteiger partial charge in [-0.3, -0.25) is 0 Å². The van der Waals surface area contributed by atoms with Crippen LogP contribution in [0.25, 0.3) is 17.1 Å². The molecule has 1 N–H and O–H groups in total. The lowest BCUT2D eigenvalue weighted by atomic mass is 10.1. The average molecular weight is 476 g/mol. The van der Waals surface area contributed by atoms with Crippen LogP contribution in [0.2, 0.25) is 0 Å². The maximum absolute atomic E-state index is 13.5. The predicted octanol–water partition coefficient (Wildman–Crippen LogP) is 5.45. The number of methoxy groups -OCH3 is 1. The Kier molecular flexibility index (Phi) is 6.10. The first-order chi connectivity index (χ1) is 16.9. The molecule has 1 saturated carbocycles. The summed E-state index contributed by atoms with van der Waals surface area (Å²) in [4.78, 5) is 8.93. The summed E-state index contributed by atoms with van der Waals surface area (Å²) in [6, 6.07) is 8.34. The Morgan fingerprint density at radius 1 is 1.11 bits per heavy atom. The molecule has 35 heavy (non-hydrogen) atoms. The van der Waals surface area contributed by atoms with Crippen molar-refractivity contribution in [3.8, 4) is 17.1 Å². The fourth-order valence-corrected chi connectivity index (χ4v) is 4.51. The summed E-state index contributed by atoms with van der Waals surface area (Å²) in [5.74, 6) is 2.57. The van der Waals surface area contributed by atoms with E-state index >= 15 is 0 Å². The molecule has 9 heteroatoms. The molecule has 0 spiro atoms. The molecule has 0 bridgehead atoms. The molecule has 182 valence electrons. The van der Waals surface area contributed by atoms with E-state index in [4.69, 9.17) is 14.9 Å². The fourth-order valence-electron chi connectivity index (χ4n) is 4.51. The molecule has 1 aromatic carbocycles. The minimum absolute atomic E-state index is 0.0625. The highest BCUT2D eigenvalue weighted by molar-refractivity contribution is 5.71. The smallest absolute Gasteiger partial charge is 0.159 e. The fraction of sp³-hybridized carbons (Fsp3) is 0.385. The standard InChI is InChI=1S/C26H30FN7O/c1-15-25(20-8-10-21(27)11-9-20)32-33(13-19-6-7-19)26(15)30-22-12-23(29-14-28-22)34-17(3)24(16(2)31-34)18(4)35-5/h8-12,14,18-19H,6-7,13H2,1-5H3,(H,28,29,30). The van der Waals surface area contributed by atoms with Crippen LogP contribution in [0.15, 0.2) is 36.7 Å². The SMILES string of the molecule is COC(C)c1c(C)nn(-c2cc(Nc3c(C)c(-c4ccc(F)cc4)nn3CC3CC3)ncn2)c1C. The van der Waals surface area contributed by atoms with Gasteiger partial charge in [0.1, 0.15) is 23.8 Å². The molecule has 3 aromatic heterocycles. The summed E-state index contributed by atoms with van der Waals surface area (Å²) in [5.41, 5.74) is 5.65. The van der Waals surface area contributed by atoms with Gasteiger partial charge in [-0.15, -0.1) is 0 Å². The van der Waals surface area contributed by atoms with Gasteiger partial charge in [0, 0.05) is 42.1 Å².